The second kappa shape index (κ2) is 11.5. The highest BCUT2D eigenvalue weighted by Crippen LogP contribution is 2.17. The third-order valence-corrected chi connectivity index (χ3v) is 5.01. The van der Waals surface area contributed by atoms with Crippen molar-refractivity contribution in [3.63, 3.8) is 0 Å². The van der Waals surface area contributed by atoms with Crippen molar-refractivity contribution in [3.8, 4) is 0 Å². The van der Waals surface area contributed by atoms with Crippen LogP contribution in [0.4, 0.5) is 4.39 Å². The second-order valence-electron chi connectivity index (χ2n) is 8.43. The van der Waals surface area contributed by atoms with Gasteiger partial charge in [0.2, 0.25) is 11.8 Å². The molecule has 1 atom stereocenters. The molecule has 2 aromatic carbocycles. The van der Waals surface area contributed by atoms with E-state index in [1.165, 1.54) is 12.1 Å². The van der Waals surface area contributed by atoms with Gasteiger partial charge in [0.1, 0.15) is 11.9 Å². The van der Waals surface area contributed by atoms with Crippen LogP contribution in [0.1, 0.15) is 45.2 Å². The van der Waals surface area contributed by atoms with Crippen LogP contribution >= 0.6 is 0 Å². The van der Waals surface area contributed by atoms with Gasteiger partial charge in [0.25, 0.3) is 0 Å². The summed E-state index contributed by atoms with van der Waals surface area (Å²) >= 11 is 0. The molecular weight excluding hydrogens is 379 g/mol. The monoisotopic (exact) mass is 412 g/mol. The molecule has 5 heteroatoms. The Kier molecular flexibility index (Phi) is 9.03. The predicted molar refractivity (Wildman–Crippen MR) is 118 cm³/mol. The molecule has 162 valence electrons. The molecule has 0 radical (unpaired) electrons. The molecule has 0 saturated heterocycles. The second-order valence-corrected chi connectivity index (χ2v) is 8.43. The van der Waals surface area contributed by atoms with E-state index in [4.69, 9.17) is 0 Å². The molecule has 2 amide bonds. The number of amides is 2. The third kappa shape index (κ3) is 7.29. The molecule has 1 N–H and O–H groups in total. The van der Waals surface area contributed by atoms with Crippen molar-refractivity contribution in [1.29, 1.82) is 0 Å². The zero-order chi connectivity index (χ0) is 22.1. The summed E-state index contributed by atoms with van der Waals surface area (Å²) in [6, 6.07) is 15.1. The summed E-state index contributed by atoms with van der Waals surface area (Å²) in [7, 11) is 0. The summed E-state index contributed by atoms with van der Waals surface area (Å²) in [5.74, 6) is -0.361. The van der Waals surface area contributed by atoms with Crippen LogP contribution in [-0.2, 0) is 22.6 Å². The zero-order valence-corrected chi connectivity index (χ0v) is 18.4. The van der Waals surface area contributed by atoms with Gasteiger partial charge in [0, 0.05) is 25.4 Å². The van der Waals surface area contributed by atoms with Crippen LogP contribution in [0.15, 0.2) is 54.6 Å². The van der Waals surface area contributed by atoms with Gasteiger partial charge in [0.05, 0.1) is 0 Å². The molecule has 0 bridgehead atoms. The smallest absolute Gasteiger partial charge is 0.243 e. The van der Waals surface area contributed by atoms with E-state index < -0.39 is 6.04 Å². The molecule has 0 heterocycles. The summed E-state index contributed by atoms with van der Waals surface area (Å²) in [5, 5.41) is 3.01. The fourth-order valence-electron chi connectivity index (χ4n) is 3.24. The van der Waals surface area contributed by atoms with Gasteiger partial charge in [-0.25, -0.2) is 4.39 Å². The van der Waals surface area contributed by atoms with Crippen LogP contribution in [-0.4, -0.2) is 29.3 Å². The lowest BCUT2D eigenvalue weighted by molar-refractivity contribution is -0.143. The quantitative estimate of drug-likeness (QED) is 0.621. The van der Waals surface area contributed by atoms with E-state index in [1.807, 2.05) is 44.2 Å². The molecule has 0 aliphatic heterocycles. The summed E-state index contributed by atoms with van der Waals surface area (Å²) in [6.07, 6.45) is 1.30. The van der Waals surface area contributed by atoms with Crippen LogP contribution < -0.4 is 5.32 Å². The first-order chi connectivity index (χ1) is 14.3. The van der Waals surface area contributed by atoms with Crippen molar-refractivity contribution >= 4 is 11.8 Å². The Morgan fingerprint density at radius 1 is 0.933 bits per heavy atom. The zero-order valence-electron chi connectivity index (χ0n) is 18.4. The fourth-order valence-corrected chi connectivity index (χ4v) is 3.24. The van der Waals surface area contributed by atoms with Crippen molar-refractivity contribution in [1.82, 2.24) is 10.2 Å². The van der Waals surface area contributed by atoms with E-state index in [0.29, 0.717) is 18.9 Å². The standard InChI is InChI=1S/C25H33FN2O2/c1-18(2)14-15-27-24(29)23(16-20-8-6-5-7-9-20)28(25(30)19(3)4)17-21-10-12-22(26)13-11-21/h5-13,18-19,23H,14-17H2,1-4H3,(H,27,29)/t23-/m0/s1. The number of hydrogen-bond donors (Lipinski definition) is 1. The van der Waals surface area contributed by atoms with Crippen molar-refractivity contribution < 1.29 is 14.0 Å². The molecule has 2 rings (SSSR count). The SMILES string of the molecule is CC(C)CCNC(=O)[C@H](Cc1ccccc1)N(Cc1ccc(F)cc1)C(=O)C(C)C. The maximum Gasteiger partial charge on any atom is 0.243 e. The van der Waals surface area contributed by atoms with Gasteiger partial charge in [0.15, 0.2) is 0 Å². The van der Waals surface area contributed by atoms with E-state index in [2.05, 4.69) is 19.2 Å². The van der Waals surface area contributed by atoms with E-state index in [9.17, 15) is 14.0 Å². The van der Waals surface area contributed by atoms with Gasteiger partial charge in [-0.2, -0.15) is 0 Å². The minimum Gasteiger partial charge on any atom is -0.354 e. The largest absolute Gasteiger partial charge is 0.354 e. The van der Waals surface area contributed by atoms with Crippen molar-refractivity contribution in [2.24, 2.45) is 11.8 Å². The average Bonchev–Trinajstić information content (AvgIpc) is 2.71. The van der Waals surface area contributed by atoms with Crippen molar-refractivity contribution in [2.45, 2.75) is 53.1 Å². The van der Waals surface area contributed by atoms with E-state index in [1.54, 1.807) is 17.0 Å². The number of nitrogens with one attached hydrogen (secondary N) is 1. The number of carbonyl (C=O) groups is 2. The van der Waals surface area contributed by atoms with Gasteiger partial charge < -0.3 is 10.2 Å². The molecule has 0 unspecified atom stereocenters. The van der Waals surface area contributed by atoms with Crippen LogP contribution in [0, 0.1) is 17.7 Å². The summed E-state index contributed by atoms with van der Waals surface area (Å²) in [4.78, 5) is 27.9. The lowest BCUT2D eigenvalue weighted by Crippen LogP contribution is -2.51. The normalized spacial score (nSPS) is 12.1. The van der Waals surface area contributed by atoms with Crippen molar-refractivity contribution in [3.05, 3.63) is 71.5 Å². The summed E-state index contributed by atoms with van der Waals surface area (Å²) in [5.41, 5.74) is 1.78. The van der Waals surface area contributed by atoms with Crippen LogP contribution in [0.5, 0.6) is 0 Å². The topological polar surface area (TPSA) is 49.4 Å². The third-order valence-electron chi connectivity index (χ3n) is 5.01. The summed E-state index contributed by atoms with van der Waals surface area (Å²) < 4.78 is 13.3. The lowest BCUT2D eigenvalue weighted by atomic mass is 10.0. The minimum atomic E-state index is -0.639. The Labute approximate surface area is 179 Å². The Hall–Kier alpha value is -2.69. The average molecular weight is 413 g/mol. The molecule has 0 saturated carbocycles. The molecule has 0 aliphatic rings. The molecule has 2 aromatic rings. The number of halogens is 1. The highest BCUT2D eigenvalue weighted by atomic mass is 19.1. The number of benzene rings is 2. The maximum absolute atomic E-state index is 13.3. The first-order valence-corrected chi connectivity index (χ1v) is 10.6. The maximum atomic E-state index is 13.3. The molecular formula is C25H33FN2O2. The van der Waals surface area contributed by atoms with Gasteiger partial charge in [-0.15, -0.1) is 0 Å². The first kappa shape index (κ1) is 23.6. The number of hydrogen-bond acceptors (Lipinski definition) is 2. The first-order valence-electron chi connectivity index (χ1n) is 10.6. The van der Waals surface area contributed by atoms with E-state index in [-0.39, 0.29) is 30.1 Å². The van der Waals surface area contributed by atoms with E-state index >= 15 is 0 Å². The Morgan fingerprint density at radius 3 is 2.13 bits per heavy atom. The van der Waals surface area contributed by atoms with Gasteiger partial charge in [-0.1, -0.05) is 70.2 Å². The highest BCUT2D eigenvalue weighted by Gasteiger charge is 2.31. The van der Waals surface area contributed by atoms with E-state index in [0.717, 1.165) is 17.5 Å². The van der Waals surface area contributed by atoms with Crippen LogP contribution in [0.25, 0.3) is 0 Å². The minimum absolute atomic E-state index is 0.0979. The van der Waals surface area contributed by atoms with Gasteiger partial charge >= 0.3 is 0 Å². The fraction of sp³-hybridized carbons (Fsp3) is 0.440. The predicted octanol–water partition coefficient (Wildman–Crippen LogP) is 4.58. The number of carbonyl (C=O) groups excluding carboxylic acids is 2. The Bertz CT molecular complexity index is 804. The molecule has 0 aliphatic carbocycles. The molecule has 0 fully saturated rings. The van der Waals surface area contributed by atoms with Gasteiger partial charge in [-0.3, -0.25) is 9.59 Å². The van der Waals surface area contributed by atoms with Crippen LogP contribution in [0.3, 0.4) is 0 Å². The molecule has 30 heavy (non-hydrogen) atoms. The van der Waals surface area contributed by atoms with Crippen LogP contribution in [0.2, 0.25) is 0 Å². The molecule has 0 aromatic heterocycles. The number of rotatable bonds is 10. The summed E-state index contributed by atoms with van der Waals surface area (Å²) in [6.45, 7) is 8.70. The molecule has 0 spiro atoms. The lowest BCUT2D eigenvalue weighted by Gasteiger charge is -2.33. The highest BCUT2D eigenvalue weighted by molar-refractivity contribution is 5.88. The molecule has 4 nitrogen and oxygen atoms in total. The van der Waals surface area contributed by atoms with Gasteiger partial charge in [-0.05, 0) is 35.6 Å². The Morgan fingerprint density at radius 2 is 1.57 bits per heavy atom. The van der Waals surface area contributed by atoms with Crippen molar-refractivity contribution in [2.75, 3.05) is 6.54 Å². The number of nitrogens with zero attached hydrogens (tertiary/aromatic N) is 1. The Balaban J connectivity index is 2.32.